The van der Waals surface area contributed by atoms with Crippen molar-refractivity contribution in [2.45, 2.75) is 24.2 Å². The Morgan fingerprint density at radius 3 is 2.62 bits per heavy atom. The molecule has 3 N–H and O–H groups in total. The van der Waals surface area contributed by atoms with Crippen molar-refractivity contribution in [1.29, 1.82) is 0 Å². The smallest absolute Gasteiger partial charge is 0.313 e. The van der Waals surface area contributed by atoms with Gasteiger partial charge in [0.25, 0.3) is 0 Å². The lowest BCUT2D eigenvalue weighted by atomic mass is 9.86. The van der Waals surface area contributed by atoms with Crippen molar-refractivity contribution in [2.24, 2.45) is 11.8 Å². The second-order valence-electron chi connectivity index (χ2n) is 5.14. The van der Waals surface area contributed by atoms with E-state index in [0.29, 0.717) is 12.5 Å². The topological polar surface area (TPSA) is 119 Å². The van der Waals surface area contributed by atoms with Crippen LogP contribution in [-0.4, -0.2) is 31.2 Å². The zero-order chi connectivity index (χ0) is 15.6. The Balaban J connectivity index is 2.41. The van der Waals surface area contributed by atoms with Crippen LogP contribution in [0.25, 0.3) is 0 Å². The Morgan fingerprint density at radius 1 is 1.48 bits per heavy atom. The second-order valence-corrected chi connectivity index (χ2v) is 7.15. The lowest BCUT2D eigenvalue weighted by Gasteiger charge is -2.29. The molecule has 1 aromatic carbocycles. The number of nitrogens with one attached hydrogen (secondary N) is 1. The third-order valence-electron chi connectivity index (χ3n) is 3.77. The van der Waals surface area contributed by atoms with Crippen LogP contribution in [0.5, 0.6) is 0 Å². The highest BCUT2D eigenvalue weighted by Crippen LogP contribution is 2.34. The van der Waals surface area contributed by atoms with Gasteiger partial charge < -0.3 is 5.43 Å². The fourth-order valence-electron chi connectivity index (χ4n) is 2.34. The van der Waals surface area contributed by atoms with Gasteiger partial charge in [-0.1, -0.05) is 12.5 Å². The minimum Gasteiger partial charge on any atom is -0.318 e. The molecule has 8 nitrogen and oxygen atoms in total. The van der Waals surface area contributed by atoms with Gasteiger partial charge in [-0.05, 0) is 30.9 Å². The van der Waals surface area contributed by atoms with E-state index in [-0.39, 0.29) is 10.6 Å². The van der Waals surface area contributed by atoms with Crippen LogP contribution in [0.3, 0.4) is 0 Å². The summed E-state index contributed by atoms with van der Waals surface area (Å²) in [6, 6.07) is 4.01. The van der Waals surface area contributed by atoms with Crippen molar-refractivity contribution in [3.8, 4) is 0 Å². The van der Waals surface area contributed by atoms with Crippen molar-refractivity contribution < 1.29 is 13.3 Å². The Morgan fingerprint density at radius 2 is 2.14 bits per heavy atom. The number of nitrogen functional groups attached to an aromatic ring is 1. The molecule has 116 valence electrons. The lowest BCUT2D eigenvalue weighted by Crippen LogP contribution is -2.34. The van der Waals surface area contributed by atoms with E-state index in [1.807, 2.05) is 0 Å². The average molecular weight is 314 g/mol. The Bertz CT molecular complexity index is 643. The molecular formula is C12H18N4O4S. The van der Waals surface area contributed by atoms with Crippen LogP contribution in [0.15, 0.2) is 23.1 Å². The van der Waals surface area contributed by atoms with E-state index in [0.717, 1.165) is 19.3 Å². The summed E-state index contributed by atoms with van der Waals surface area (Å²) < 4.78 is 26.3. The van der Waals surface area contributed by atoms with Gasteiger partial charge in [-0.3, -0.25) is 16.0 Å². The third kappa shape index (κ3) is 2.99. The fraction of sp³-hybridized carbons (Fsp3) is 0.500. The van der Waals surface area contributed by atoms with Crippen LogP contribution >= 0.6 is 0 Å². The molecule has 1 aromatic rings. The molecule has 1 aliphatic carbocycles. The Kier molecular flexibility index (Phi) is 4.45. The van der Waals surface area contributed by atoms with Crippen LogP contribution in [0.2, 0.25) is 0 Å². The lowest BCUT2D eigenvalue weighted by molar-refractivity contribution is -0.386. The molecule has 0 heterocycles. The summed E-state index contributed by atoms with van der Waals surface area (Å²) in [7, 11) is -2.48. The maximum atomic E-state index is 12.6. The van der Waals surface area contributed by atoms with E-state index in [1.54, 1.807) is 0 Å². The van der Waals surface area contributed by atoms with Crippen molar-refractivity contribution in [2.75, 3.05) is 19.0 Å². The van der Waals surface area contributed by atoms with Crippen LogP contribution in [0.4, 0.5) is 11.4 Å². The fourth-order valence-corrected chi connectivity index (χ4v) is 3.76. The summed E-state index contributed by atoms with van der Waals surface area (Å²) in [6.45, 7) is 0.375. The first kappa shape index (κ1) is 15.7. The number of sulfonamides is 1. The summed E-state index contributed by atoms with van der Waals surface area (Å²) in [5.74, 6) is 5.56. The van der Waals surface area contributed by atoms with E-state index in [4.69, 9.17) is 5.84 Å². The molecule has 0 spiro atoms. The predicted molar refractivity (Wildman–Crippen MR) is 78.1 cm³/mol. The molecule has 1 saturated carbocycles. The predicted octanol–water partition coefficient (Wildman–Crippen LogP) is 1.30. The molecule has 0 aliphatic heterocycles. The first-order chi connectivity index (χ1) is 9.87. The van der Waals surface area contributed by atoms with Gasteiger partial charge in [0, 0.05) is 13.6 Å². The number of para-hydroxylation sites is 1. The molecule has 1 fully saturated rings. The first-order valence-corrected chi connectivity index (χ1v) is 8.02. The first-order valence-electron chi connectivity index (χ1n) is 6.58. The SMILES string of the molecule is CN(CC1CCC1)S(=O)(=O)c1cccc(NN)c1[N+](=O)[O-]. The van der Waals surface area contributed by atoms with Crippen molar-refractivity contribution in [3.05, 3.63) is 28.3 Å². The van der Waals surface area contributed by atoms with Gasteiger partial charge in [-0.15, -0.1) is 0 Å². The van der Waals surface area contributed by atoms with Crippen LogP contribution < -0.4 is 11.3 Å². The number of nitro benzene ring substituents is 1. The summed E-state index contributed by atoms with van der Waals surface area (Å²) in [4.78, 5) is 10.1. The van der Waals surface area contributed by atoms with Gasteiger partial charge in [0.1, 0.15) is 5.69 Å². The van der Waals surface area contributed by atoms with E-state index < -0.39 is 20.6 Å². The number of anilines is 1. The number of hydrogen-bond donors (Lipinski definition) is 2. The highest BCUT2D eigenvalue weighted by Gasteiger charge is 2.33. The van der Waals surface area contributed by atoms with Gasteiger partial charge >= 0.3 is 5.69 Å². The summed E-state index contributed by atoms with van der Waals surface area (Å²) >= 11 is 0. The normalized spacial score (nSPS) is 15.8. The van der Waals surface area contributed by atoms with Gasteiger partial charge in [0.05, 0.1) is 4.92 Å². The average Bonchev–Trinajstić information content (AvgIpc) is 2.41. The van der Waals surface area contributed by atoms with Gasteiger partial charge in [0.15, 0.2) is 4.90 Å². The minimum absolute atomic E-state index is 0.0295. The Labute approximate surface area is 123 Å². The molecule has 0 aromatic heterocycles. The van der Waals surface area contributed by atoms with Crippen LogP contribution in [-0.2, 0) is 10.0 Å². The van der Waals surface area contributed by atoms with E-state index in [9.17, 15) is 18.5 Å². The van der Waals surface area contributed by atoms with Crippen molar-refractivity contribution >= 4 is 21.4 Å². The number of hydrogen-bond acceptors (Lipinski definition) is 6. The van der Waals surface area contributed by atoms with Gasteiger partial charge in [0.2, 0.25) is 10.0 Å². The number of nitro groups is 1. The number of nitrogens with two attached hydrogens (primary N) is 1. The molecular weight excluding hydrogens is 296 g/mol. The van der Waals surface area contributed by atoms with Crippen LogP contribution in [0.1, 0.15) is 19.3 Å². The molecule has 0 unspecified atom stereocenters. The molecule has 0 bridgehead atoms. The molecule has 0 atom stereocenters. The second kappa shape index (κ2) is 5.96. The Hall–Kier alpha value is -1.71. The van der Waals surface area contributed by atoms with E-state index >= 15 is 0 Å². The highest BCUT2D eigenvalue weighted by atomic mass is 32.2. The number of rotatable bonds is 6. The minimum atomic E-state index is -3.92. The number of hydrazine groups is 1. The summed E-state index contributed by atoms with van der Waals surface area (Å²) in [5.41, 5.74) is 1.61. The standard InChI is InChI=1S/C12H18N4O4S/c1-15(8-9-4-2-5-9)21(19,20)11-7-3-6-10(14-13)12(11)16(17)18/h3,6-7,9,14H,2,4-5,8,13H2,1H3. The molecule has 2 rings (SSSR count). The van der Waals surface area contributed by atoms with Gasteiger partial charge in [-0.25, -0.2) is 12.7 Å². The van der Waals surface area contributed by atoms with E-state index in [1.165, 1.54) is 29.6 Å². The quantitative estimate of drug-likeness (QED) is 0.464. The molecule has 0 saturated heterocycles. The summed E-state index contributed by atoms with van der Waals surface area (Å²) in [5, 5.41) is 11.2. The molecule has 0 amide bonds. The molecule has 1 aliphatic rings. The maximum Gasteiger partial charge on any atom is 0.313 e. The van der Waals surface area contributed by atoms with Crippen molar-refractivity contribution in [1.82, 2.24) is 4.31 Å². The molecule has 0 radical (unpaired) electrons. The van der Waals surface area contributed by atoms with E-state index in [2.05, 4.69) is 5.43 Å². The number of benzene rings is 1. The monoisotopic (exact) mass is 314 g/mol. The van der Waals surface area contributed by atoms with Gasteiger partial charge in [-0.2, -0.15) is 0 Å². The highest BCUT2D eigenvalue weighted by molar-refractivity contribution is 7.89. The molecule has 9 heteroatoms. The zero-order valence-corrected chi connectivity index (χ0v) is 12.5. The number of nitrogens with zero attached hydrogens (tertiary/aromatic N) is 2. The zero-order valence-electron chi connectivity index (χ0n) is 11.7. The largest absolute Gasteiger partial charge is 0.318 e. The maximum absolute atomic E-state index is 12.6. The van der Waals surface area contributed by atoms with Crippen molar-refractivity contribution in [3.63, 3.8) is 0 Å². The molecule has 21 heavy (non-hydrogen) atoms. The van der Waals surface area contributed by atoms with Crippen LogP contribution in [0, 0.1) is 16.0 Å². The third-order valence-corrected chi connectivity index (χ3v) is 5.62. The summed E-state index contributed by atoms with van der Waals surface area (Å²) in [6.07, 6.45) is 3.09.